The second-order valence-electron chi connectivity index (χ2n) is 6.00. The van der Waals surface area contributed by atoms with Crippen LogP contribution in [-0.2, 0) is 21.4 Å². The van der Waals surface area contributed by atoms with E-state index in [0.29, 0.717) is 6.61 Å². The van der Waals surface area contributed by atoms with Crippen LogP contribution in [0.3, 0.4) is 0 Å². The van der Waals surface area contributed by atoms with E-state index in [1.165, 1.54) is 5.69 Å². The molecule has 1 atom stereocenters. The highest BCUT2D eigenvalue weighted by Gasteiger charge is 2.36. The van der Waals surface area contributed by atoms with Crippen molar-refractivity contribution in [3.63, 3.8) is 0 Å². The summed E-state index contributed by atoms with van der Waals surface area (Å²) in [6.07, 6.45) is 2.92. The molecule has 1 unspecified atom stereocenters. The summed E-state index contributed by atoms with van der Waals surface area (Å²) in [4.78, 5) is 3.14. The molecule has 2 heterocycles. The second kappa shape index (κ2) is 4.79. The van der Waals surface area contributed by atoms with E-state index in [-0.39, 0.29) is 11.0 Å². The fourth-order valence-corrected chi connectivity index (χ4v) is 2.62. The van der Waals surface area contributed by atoms with E-state index >= 15 is 0 Å². The zero-order valence-corrected chi connectivity index (χ0v) is 12.4. The molecule has 0 aliphatic carbocycles. The Morgan fingerprint density at radius 2 is 2.28 bits per heavy atom. The second-order valence-corrected chi connectivity index (χ2v) is 6.39. The summed E-state index contributed by atoms with van der Waals surface area (Å²) in [6.45, 7) is 8.71. The van der Waals surface area contributed by atoms with Gasteiger partial charge < -0.3 is 19.0 Å². The van der Waals surface area contributed by atoms with Gasteiger partial charge in [-0.2, -0.15) is 0 Å². The van der Waals surface area contributed by atoms with E-state index in [0.717, 1.165) is 24.3 Å². The predicted octanol–water partition coefficient (Wildman–Crippen LogP) is 2.65. The highest BCUT2D eigenvalue weighted by molar-refractivity contribution is 7.71. The van der Waals surface area contributed by atoms with Gasteiger partial charge >= 0.3 is 0 Å². The van der Waals surface area contributed by atoms with Crippen molar-refractivity contribution < 1.29 is 9.47 Å². The van der Waals surface area contributed by atoms with Gasteiger partial charge in [-0.05, 0) is 12.2 Å². The van der Waals surface area contributed by atoms with Crippen LogP contribution in [0.4, 0.5) is 0 Å². The molecule has 1 aliphatic heterocycles. The Morgan fingerprint density at radius 1 is 1.56 bits per heavy atom. The van der Waals surface area contributed by atoms with E-state index in [2.05, 4.69) is 30.3 Å². The number of H-pyrrole nitrogens is 1. The molecule has 4 nitrogen and oxygen atoms in total. The summed E-state index contributed by atoms with van der Waals surface area (Å²) in [5.74, 6) is 0. The van der Waals surface area contributed by atoms with Crippen LogP contribution >= 0.6 is 12.2 Å². The normalized spacial score (nSPS) is 24.7. The van der Waals surface area contributed by atoms with Crippen LogP contribution in [0, 0.1) is 4.77 Å². The zero-order chi connectivity index (χ0) is 13.4. The summed E-state index contributed by atoms with van der Waals surface area (Å²) in [7, 11) is 1.75. The number of nitrogens with zero attached hydrogens (tertiary/aromatic N) is 1. The SMILES string of the molecule is COC1(Cn2c(C(C)(C)C)c[nH]c2=S)CCOC1. The number of methoxy groups -OCH3 is 1. The van der Waals surface area contributed by atoms with Crippen molar-refractivity contribution in [3.8, 4) is 0 Å². The first-order chi connectivity index (χ1) is 8.38. The topological polar surface area (TPSA) is 39.2 Å². The van der Waals surface area contributed by atoms with Gasteiger partial charge in [0, 0.05) is 37.4 Å². The lowest BCUT2D eigenvalue weighted by molar-refractivity contribution is -0.0305. The number of rotatable bonds is 3. The van der Waals surface area contributed by atoms with Gasteiger partial charge in [-0.15, -0.1) is 0 Å². The maximum atomic E-state index is 5.69. The number of aromatic nitrogens is 2. The van der Waals surface area contributed by atoms with Crippen LogP contribution in [-0.4, -0.2) is 35.5 Å². The number of ether oxygens (including phenoxy) is 2. The minimum atomic E-state index is -0.236. The first-order valence-electron chi connectivity index (χ1n) is 6.30. The molecular weight excluding hydrogens is 248 g/mol. The number of imidazole rings is 1. The average Bonchev–Trinajstić information content (AvgIpc) is 2.87. The van der Waals surface area contributed by atoms with Crippen molar-refractivity contribution in [1.82, 2.24) is 9.55 Å². The van der Waals surface area contributed by atoms with E-state index < -0.39 is 0 Å². The lowest BCUT2D eigenvalue weighted by atomic mass is 9.92. The van der Waals surface area contributed by atoms with Crippen LogP contribution in [0.2, 0.25) is 0 Å². The largest absolute Gasteiger partial charge is 0.378 e. The van der Waals surface area contributed by atoms with Gasteiger partial charge in [-0.3, -0.25) is 0 Å². The Morgan fingerprint density at radius 3 is 2.78 bits per heavy atom. The molecule has 0 radical (unpaired) electrons. The van der Waals surface area contributed by atoms with Gasteiger partial charge in [0.2, 0.25) is 0 Å². The van der Waals surface area contributed by atoms with Crippen LogP contribution in [0.25, 0.3) is 0 Å². The molecule has 5 heteroatoms. The summed E-state index contributed by atoms with van der Waals surface area (Å²) in [5.41, 5.74) is 1.03. The van der Waals surface area contributed by atoms with Crippen molar-refractivity contribution in [2.45, 2.75) is 44.8 Å². The van der Waals surface area contributed by atoms with Gasteiger partial charge in [0.15, 0.2) is 4.77 Å². The van der Waals surface area contributed by atoms with Crippen molar-refractivity contribution in [2.75, 3.05) is 20.3 Å². The molecule has 1 aromatic heterocycles. The number of aromatic amines is 1. The molecule has 0 bridgehead atoms. The molecule has 1 aliphatic rings. The Hall–Kier alpha value is -0.650. The molecule has 0 saturated carbocycles. The van der Waals surface area contributed by atoms with E-state index in [9.17, 15) is 0 Å². The molecule has 2 rings (SSSR count). The first kappa shape index (κ1) is 13.8. The molecule has 1 N–H and O–H groups in total. The van der Waals surface area contributed by atoms with Gasteiger partial charge in [0.25, 0.3) is 0 Å². The van der Waals surface area contributed by atoms with Crippen molar-refractivity contribution in [1.29, 1.82) is 0 Å². The molecule has 1 aromatic rings. The third-order valence-electron chi connectivity index (χ3n) is 3.58. The maximum absolute atomic E-state index is 5.69. The maximum Gasteiger partial charge on any atom is 0.177 e. The third kappa shape index (κ3) is 2.53. The Kier molecular flexibility index (Phi) is 3.67. The van der Waals surface area contributed by atoms with Crippen molar-refractivity contribution in [2.24, 2.45) is 0 Å². The summed E-state index contributed by atoms with van der Waals surface area (Å²) >= 11 is 5.38. The first-order valence-corrected chi connectivity index (χ1v) is 6.70. The standard InChI is InChI=1S/C13H22N2O2S/c1-12(2,3)10-7-14-11(18)15(10)8-13(16-4)5-6-17-9-13/h7H,5-6,8-9H2,1-4H3,(H,14,18). The summed E-state index contributed by atoms with van der Waals surface area (Å²) in [5, 5.41) is 0. The minimum absolute atomic E-state index is 0.0575. The fraction of sp³-hybridized carbons (Fsp3) is 0.769. The number of hydrogen-bond acceptors (Lipinski definition) is 3. The molecule has 1 fully saturated rings. The molecule has 102 valence electrons. The number of nitrogens with one attached hydrogen (secondary N) is 1. The summed E-state index contributed by atoms with van der Waals surface area (Å²) in [6, 6.07) is 0. The minimum Gasteiger partial charge on any atom is -0.378 e. The monoisotopic (exact) mass is 270 g/mol. The van der Waals surface area contributed by atoms with Gasteiger partial charge in [0.05, 0.1) is 13.2 Å². The quantitative estimate of drug-likeness (QED) is 0.858. The van der Waals surface area contributed by atoms with Crippen LogP contribution in [0.15, 0.2) is 6.20 Å². The van der Waals surface area contributed by atoms with Crippen LogP contribution in [0.5, 0.6) is 0 Å². The van der Waals surface area contributed by atoms with E-state index in [1.54, 1.807) is 7.11 Å². The van der Waals surface area contributed by atoms with Gasteiger partial charge in [-0.1, -0.05) is 20.8 Å². The molecule has 0 aromatic carbocycles. The van der Waals surface area contributed by atoms with Crippen molar-refractivity contribution in [3.05, 3.63) is 16.7 Å². The molecular formula is C13H22N2O2S. The lowest BCUT2D eigenvalue weighted by Crippen LogP contribution is -2.38. The van der Waals surface area contributed by atoms with Gasteiger partial charge in [-0.25, -0.2) is 0 Å². The lowest BCUT2D eigenvalue weighted by Gasteiger charge is -2.29. The molecule has 0 amide bonds. The Balaban J connectivity index is 2.34. The van der Waals surface area contributed by atoms with E-state index in [1.807, 2.05) is 6.20 Å². The van der Waals surface area contributed by atoms with Crippen LogP contribution < -0.4 is 0 Å². The van der Waals surface area contributed by atoms with Crippen molar-refractivity contribution >= 4 is 12.2 Å². The molecule has 18 heavy (non-hydrogen) atoms. The van der Waals surface area contributed by atoms with Gasteiger partial charge in [0.1, 0.15) is 5.60 Å². The molecule has 1 saturated heterocycles. The third-order valence-corrected chi connectivity index (χ3v) is 3.92. The average molecular weight is 270 g/mol. The van der Waals surface area contributed by atoms with E-state index in [4.69, 9.17) is 21.7 Å². The summed E-state index contributed by atoms with van der Waals surface area (Å²) < 4.78 is 14.1. The van der Waals surface area contributed by atoms with Crippen LogP contribution in [0.1, 0.15) is 32.9 Å². The highest BCUT2D eigenvalue weighted by Crippen LogP contribution is 2.28. The fourth-order valence-electron chi connectivity index (χ4n) is 2.40. The Labute approximate surface area is 113 Å². The smallest absolute Gasteiger partial charge is 0.177 e. The number of hydrogen-bond donors (Lipinski definition) is 1. The highest BCUT2D eigenvalue weighted by atomic mass is 32.1. The Bertz CT molecular complexity index is 464. The molecule has 0 spiro atoms. The predicted molar refractivity (Wildman–Crippen MR) is 73.5 cm³/mol. The zero-order valence-electron chi connectivity index (χ0n) is 11.6.